The number of anilines is 1. The van der Waals surface area contributed by atoms with Crippen molar-refractivity contribution in [2.45, 2.75) is 20.0 Å². The zero-order chi connectivity index (χ0) is 15.9. The Balaban J connectivity index is 1.98. The van der Waals surface area contributed by atoms with E-state index in [0.717, 1.165) is 17.8 Å². The van der Waals surface area contributed by atoms with Crippen LogP contribution in [0.25, 0.3) is 0 Å². The Morgan fingerprint density at radius 3 is 2.55 bits per heavy atom. The fourth-order valence-electron chi connectivity index (χ4n) is 2.28. The molecule has 0 amide bonds. The standard InChI is InChI=1S/C18H24N4/c1-14-6-4-9-17(10-14)21-18(19)20-12-15-7-5-8-16(11-15)13-22(2)3/h4-11H,12-13H2,1-3H3,(H3,19,20,21). The molecular weight excluding hydrogens is 272 g/mol. The molecule has 0 unspecified atom stereocenters. The lowest BCUT2D eigenvalue weighted by Gasteiger charge is -2.10. The molecule has 4 nitrogen and oxygen atoms in total. The number of nitrogens with zero attached hydrogens (tertiary/aromatic N) is 2. The first-order valence-corrected chi connectivity index (χ1v) is 7.39. The summed E-state index contributed by atoms with van der Waals surface area (Å²) in [5.41, 5.74) is 10.5. The number of guanidine groups is 1. The van der Waals surface area contributed by atoms with Crippen molar-refractivity contribution in [3.8, 4) is 0 Å². The molecule has 0 heterocycles. The summed E-state index contributed by atoms with van der Waals surface area (Å²) >= 11 is 0. The van der Waals surface area contributed by atoms with E-state index in [-0.39, 0.29) is 0 Å². The Kier molecular flexibility index (Phi) is 5.55. The first kappa shape index (κ1) is 16.0. The van der Waals surface area contributed by atoms with Crippen molar-refractivity contribution >= 4 is 11.6 Å². The van der Waals surface area contributed by atoms with Gasteiger partial charge in [0, 0.05) is 12.2 Å². The molecule has 0 saturated heterocycles. The maximum absolute atomic E-state index is 5.95. The fourth-order valence-corrected chi connectivity index (χ4v) is 2.28. The number of aryl methyl sites for hydroxylation is 1. The van der Waals surface area contributed by atoms with Crippen molar-refractivity contribution in [3.63, 3.8) is 0 Å². The van der Waals surface area contributed by atoms with Crippen molar-refractivity contribution in [2.24, 2.45) is 10.7 Å². The molecule has 0 aliphatic carbocycles. The van der Waals surface area contributed by atoms with E-state index in [9.17, 15) is 0 Å². The van der Waals surface area contributed by atoms with Crippen LogP contribution >= 0.6 is 0 Å². The van der Waals surface area contributed by atoms with Gasteiger partial charge in [0.15, 0.2) is 5.96 Å². The van der Waals surface area contributed by atoms with E-state index in [1.807, 2.05) is 18.2 Å². The van der Waals surface area contributed by atoms with Gasteiger partial charge in [-0.2, -0.15) is 0 Å². The topological polar surface area (TPSA) is 53.6 Å². The molecule has 22 heavy (non-hydrogen) atoms. The smallest absolute Gasteiger partial charge is 0.193 e. The van der Waals surface area contributed by atoms with Gasteiger partial charge >= 0.3 is 0 Å². The number of aliphatic imine (C=N–C) groups is 1. The molecule has 0 aromatic heterocycles. The Hall–Kier alpha value is -2.33. The van der Waals surface area contributed by atoms with Crippen LogP contribution in [0.4, 0.5) is 5.69 Å². The second-order valence-corrected chi connectivity index (χ2v) is 5.75. The van der Waals surface area contributed by atoms with Gasteiger partial charge in [-0.15, -0.1) is 0 Å². The third kappa shape index (κ3) is 5.22. The molecular formula is C18H24N4. The maximum Gasteiger partial charge on any atom is 0.193 e. The van der Waals surface area contributed by atoms with Crippen molar-refractivity contribution < 1.29 is 0 Å². The molecule has 2 aromatic carbocycles. The molecule has 0 atom stereocenters. The normalized spacial score (nSPS) is 11.7. The van der Waals surface area contributed by atoms with E-state index in [0.29, 0.717) is 12.5 Å². The average Bonchev–Trinajstić information content (AvgIpc) is 2.45. The summed E-state index contributed by atoms with van der Waals surface area (Å²) in [7, 11) is 4.13. The minimum atomic E-state index is 0.434. The highest BCUT2D eigenvalue weighted by atomic mass is 15.1. The van der Waals surface area contributed by atoms with Gasteiger partial charge < -0.3 is 16.0 Å². The number of nitrogens with one attached hydrogen (secondary N) is 1. The molecule has 2 aromatic rings. The second-order valence-electron chi connectivity index (χ2n) is 5.75. The van der Waals surface area contributed by atoms with Gasteiger partial charge in [0.25, 0.3) is 0 Å². The SMILES string of the molecule is Cc1cccc(NC(N)=NCc2cccc(CN(C)C)c2)c1. The number of hydrogen-bond donors (Lipinski definition) is 2. The summed E-state index contributed by atoms with van der Waals surface area (Å²) in [6.07, 6.45) is 0. The average molecular weight is 296 g/mol. The minimum Gasteiger partial charge on any atom is -0.370 e. The monoisotopic (exact) mass is 296 g/mol. The first-order valence-electron chi connectivity index (χ1n) is 7.39. The quantitative estimate of drug-likeness (QED) is 0.659. The van der Waals surface area contributed by atoms with Gasteiger partial charge in [-0.05, 0) is 49.8 Å². The van der Waals surface area contributed by atoms with Crippen LogP contribution in [0.3, 0.4) is 0 Å². The molecule has 4 heteroatoms. The van der Waals surface area contributed by atoms with Crippen molar-refractivity contribution in [1.82, 2.24) is 4.90 Å². The number of nitrogens with two attached hydrogens (primary N) is 1. The van der Waals surface area contributed by atoms with Gasteiger partial charge in [-0.25, -0.2) is 4.99 Å². The lowest BCUT2D eigenvalue weighted by molar-refractivity contribution is 0.402. The lowest BCUT2D eigenvalue weighted by Crippen LogP contribution is -2.22. The number of benzene rings is 2. The third-order valence-corrected chi connectivity index (χ3v) is 3.21. The maximum atomic E-state index is 5.95. The van der Waals surface area contributed by atoms with Gasteiger partial charge in [-0.3, -0.25) is 0 Å². The van der Waals surface area contributed by atoms with Gasteiger partial charge in [-0.1, -0.05) is 36.4 Å². The summed E-state index contributed by atoms with van der Waals surface area (Å²) in [5.74, 6) is 0.434. The van der Waals surface area contributed by atoms with Crippen LogP contribution in [0.1, 0.15) is 16.7 Å². The van der Waals surface area contributed by atoms with Gasteiger partial charge in [0.1, 0.15) is 0 Å². The van der Waals surface area contributed by atoms with E-state index < -0.39 is 0 Å². The summed E-state index contributed by atoms with van der Waals surface area (Å²) in [5, 5.41) is 3.12. The highest BCUT2D eigenvalue weighted by molar-refractivity contribution is 5.92. The summed E-state index contributed by atoms with van der Waals surface area (Å²) < 4.78 is 0. The molecule has 0 bridgehead atoms. The predicted molar refractivity (Wildman–Crippen MR) is 94.0 cm³/mol. The molecule has 0 saturated carbocycles. The van der Waals surface area contributed by atoms with Crippen LogP contribution in [0.2, 0.25) is 0 Å². The molecule has 0 radical (unpaired) electrons. The zero-order valence-electron chi connectivity index (χ0n) is 13.5. The fraction of sp³-hybridized carbons (Fsp3) is 0.278. The predicted octanol–water partition coefficient (Wildman–Crippen LogP) is 2.98. The summed E-state index contributed by atoms with van der Waals surface area (Å²) in [4.78, 5) is 6.56. The molecule has 116 valence electrons. The van der Waals surface area contributed by atoms with Crippen LogP contribution in [0, 0.1) is 6.92 Å². The zero-order valence-corrected chi connectivity index (χ0v) is 13.5. The summed E-state index contributed by atoms with van der Waals surface area (Å²) in [6, 6.07) is 16.5. The van der Waals surface area contributed by atoms with Crippen molar-refractivity contribution in [1.29, 1.82) is 0 Å². The Morgan fingerprint density at radius 2 is 1.82 bits per heavy atom. The van der Waals surface area contributed by atoms with E-state index in [1.54, 1.807) is 0 Å². The Morgan fingerprint density at radius 1 is 1.09 bits per heavy atom. The first-order chi connectivity index (χ1) is 10.5. The van der Waals surface area contributed by atoms with E-state index >= 15 is 0 Å². The van der Waals surface area contributed by atoms with E-state index in [4.69, 9.17) is 5.73 Å². The highest BCUT2D eigenvalue weighted by Crippen LogP contribution is 2.10. The van der Waals surface area contributed by atoms with Gasteiger partial charge in [0.05, 0.1) is 6.54 Å². The molecule has 0 aliphatic heterocycles. The van der Waals surface area contributed by atoms with E-state index in [2.05, 4.69) is 66.6 Å². The van der Waals surface area contributed by atoms with E-state index in [1.165, 1.54) is 11.1 Å². The third-order valence-electron chi connectivity index (χ3n) is 3.21. The van der Waals surface area contributed by atoms with Gasteiger partial charge in [0.2, 0.25) is 0 Å². The minimum absolute atomic E-state index is 0.434. The Labute approximate surface area is 132 Å². The molecule has 2 rings (SSSR count). The van der Waals surface area contributed by atoms with Crippen LogP contribution in [0.5, 0.6) is 0 Å². The molecule has 0 aliphatic rings. The molecule has 0 fully saturated rings. The molecule has 3 N–H and O–H groups in total. The van der Waals surface area contributed by atoms with Crippen LogP contribution in [-0.4, -0.2) is 25.0 Å². The van der Waals surface area contributed by atoms with Crippen LogP contribution in [-0.2, 0) is 13.1 Å². The number of hydrogen-bond acceptors (Lipinski definition) is 2. The lowest BCUT2D eigenvalue weighted by atomic mass is 10.1. The van der Waals surface area contributed by atoms with Crippen LogP contribution < -0.4 is 11.1 Å². The van der Waals surface area contributed by atoms with Crippen molar-refractivity contribution in [3.05, 3.63) is 65.2 Å². The largest absolute Gasteiger partial charge is 0.370 e. The van der Waals surface area contributed by atoms with Crippen molar-refractivity contribution in [2.75, 3.05) is 19.4 Å². The highest BCUT2D eigenvalue weighted by Gasteiger charge is 1.99. The summed E-state index contributed by atoms with van der Waals surface area (Å²) in [6.45, 7) is 3.55. The van der Waals surface area contributed by atoms with Crippen LogP contribution in [0.15, 0.2) is 53.5 Å². The second kappa shape index (κ2) is 7.61. The molecule has 0 spiro atoms. The number of rotatable bonds is 5. The Bertz CT molecular complexity index is 647.